The Morgan fingerprint density at radius 2 is 1.68 bits per heavy atom. The Labute approximate surface area is 180 Å². The van der Waals surface area contributed by atoms with Crippen molar-refractivity contribution in [2.45, 2.75) is 17.4 Å². The number of aliphatic carboxylic acids is 1. The van der Waals surface area contributed by atoms with Crippen LogP contribution in [0.15, 0.2) is 71.8 Å². The summed E-state index contributed by atoms with van der Waals surface area (Å²) in [7, 11) is -0.377. The van der Waals surface area contributed by atoms with Crippen LogP contribution in [0.3, 0.4) is 0 Å². The Balaban J connectivity index is 1.71. The number of carboxylic acid groups (broad SMARTS) is 1. The maximum absolute atomic E-state index is 13.2. The summed E-state index contributed by atoms with van der Waals surface area (Å²) in [6.45, 7) is 0. The fourth-order valence-electron chi connectivity index (χ4n) is 3.83. The fraction of sp³-hybridized carbons (Fsp3) is 0.174. The zero-order valence-corrected chi connectivity index (χ0v) is 17.9. The standard InChI is InChI=1S/C23H23N3O4S/c1-26(2)21-11-5-9-18-17(21)8-6-12-22(18)31(29,30)25-20(23(27)28)13-15-14-24-19-10-4-3-7-16(15)19/h3-12,14,20,24-25H,13H2,1-2H3,(H,27,28)/p-1. The van der Waals surface area contributed by atoms with E-state index in [-0.39, 0.29) is 11.3 Å². The molecule has 0 fully saturated rings. The third kappa shape index (κ3) is 3.99. The summed E-state index contributed by atoms with van der Waals surface area (Å²) < 4.78 is 28.8. The number of carboxylic acids is 1. The molecular weight excluding hydrogens is 414 g/mol. The number of carbonyl (C=O) groups excluding carboxylic acids is 1. The second kappa shape index (κ2) is 8.05. The number of nitrogens with zero attached hydrogens (tertiary/aromatic N) is 1. The molecule has 4 rings (SSSR count). The Hall–Kier alpha value is -3.36. The van der Waals surface area contributed by atoms with Gasteiger partial charge in [-0.2, -0.15) is 0 Å². The highest BCUT2D eigenvalue weighted by Crippen LogP contribution is 2.30. The summed E-state index contributed by atoms with van der Waals surface area (Å²) in [6, 6.07) is 16.4. The maximum atomic E-state index is 13.2. The molecule has 4 aromatic rings. The van der Waals surface area contributed by atoms with Crippen LogP contribution in [-0.4, -0.2) is 39.5 Å². The van der Waals surface area contributed by atoms with E-state index in [9.17, 15) is 18.3 Å². The van der Waals surface area contributed by atoms with E-state index < -0.39 is 22.0 Å². The van der Waals surface area contributed by atoms with Crippen molar-refractivity contribution in [3.8, 4) is 0 Å². The number of hydrogen-bond donors (Lipinski definition) is 2. The number of aromatic nitrogens is 1. The number of H-pyrrole nitrogens is 1. The van der Waals surface area contributed by atoms with Gasteiger partial charge in [0.25, 0.3) is 0 Å². The number of rotatable bonds is 7. The summed E-state index contributed by atoms with van der Waals surface area (Å²) in [5.74, 6) is -1.48. The van der Waals surface area contributed by atoms with E-state index in [2.05, 4.69) is 9.71 Å². The van der Waals surface area contributed by atoms with Gasteiger partial charge in [-0.3, -0.25) is 0 Å². The van der Waals surface area contributed by atoms with Crippen LogP contribution in [-0.2, 0) is 21.2 Å². The van der Waals surface area contributed by atoms with Gasteiger partial charge in [-0.15, -0.1) is 0 Å². The zero-order chi connectivity index (χ0) is 22.2. The molecule has 1 aromatic heterocycles. The van der Waals surface area contributed by atoms with Gasteiger partial charge in [0.1, 0.15) is 0 Å². The highest BCUT2D eigenvalue weighted by Gasteiger charge is 2.24. The van der Waals surface area contributed by atoms with Crippen LogP contribution in [0.2, 0.25) is 0 Å². The molecule has 0 saturated carbocycles. The maximum Gasteiger partial charge on any atom is 0.241 e. The van der Waals surface area contributed by atoms with Crippen LogP contribution in [0.25, 0.3) is 21.7 Å². The first-order chi connectivity index (χ1) is 14.8. The molecule has 3 aromatic carbocycles. The monoisotopic (exact) mass is 436 g/mol. The van der Waals surface area contributed by atoms with Crippen molar-refractivity contribution in [2.75, 3.05) is 19.0 Å². The van der Waals surface area contributed by atoms with Gasteiger partial charge in [0.2, 0.25) is 10.0 Å². The molecule has 1 atom stereocenters. The van der Waals surface area contributed by atoms with Crippen molar-refractivity contribution in [3.05, 3.63) is 72.4 Å². The normalized spacial score (nSPS) is 12.8. The molecule has 0 bridgehead atoms. The summed E-state index contributed by atoms with van der Waals surface area (Å²) in [5, 5.41) is 13.9. The van der Waals surface area contributed by atoms with Crippen molar-refractivity contribution in [1.82, 2.24) is 9.71 Å². The third-order valence-electron chi connectivity index (χ3n) is 5.31. The quantitative estimate of drug-likeness (QED) is 0.461. The van der Waals surface area contributed by atoms with Crippen LogP contribution in [0, 0.1) is 0 Å². The van der Waals surface area contributed by atoms with Gasteiger partial charge in [0, 0.05) is 47.7 Å². The number of anilines is 1. The first-order valence-electron chi connectivity index (χ1n) is 9.75. The van der Waals surface area contributed by atoms with Gasteiger partial charge < -0.3 is 19.8 Å². The number of fused-ring (bicyclic) bond motifs is 2. The molecule has 0 aliphatic carbocycles. The summed E-state index contributed by atoms with van der Waals surface area (Å²) >= 11 is 0. The van der Waals surface area contributed by atoms with Crippen molar-refractivity contribution < 1.29 is 18.3 Å². The van der Waals surface area contributed by atoms with Gasteiger partial charge in [-0.1, -0.05) is 42.5 Å². The van der Waals surface area contributed by atoms with E-state index in [1.165, 1.54) is 6.07 Å². The first kappa shape index (κ1) is 20.9. The highest BCUT2D eigenvalue weighted by molar-refractivity contribution is 7.89. The highest BCUT2D eigenvalue weighted by atomic mass is 32.2. The number of hydrogen-bond acceptors (Lipinski definition) is 5. The average Bonchev–Trinajstić information content (AvgIpc) is 3.15. The van der Waals surface area contributed by atoms with E-state index in [1.807, 2.05) is 55.4 Å². The van der Waals surface area contributed by atoms with E-state index in [0.29, 0.717) is 10.9 Å². The van der Waals surface area contributed by atoms with E-state index in [4.69, 9.17) is 0 Å². The third-order valence-corrected chi connectivity index (χ3v) is 6.84. The second-order valence-electron chi connectivity index (χ2n) is 7.58. The Morgan fingerprint density at radius 1 is 1.00 bits per heavy atom. The lowest BCUT2D eigenvalue weighted by atomic mass is 10.1. The SMILES string of the molecule is CN(C)c1cccc2c(S(=O)(=O)NC(Cc3c[nH]c4ccccc34)C(=O)[O-])cccc12. The van der Waals surface area contributed by atoms with Crippen LogP contribution in [0.1, 0.15) is 5.56 Å². The molecule has 0 saturated heterocycles. The van der Waals surface area contributed by atoms with Crippen LogP contribution >= 0.6 is 0 Å². The van der Waals surface area contributed by atoms with E-state index >= 15 is 0 Å². The zero-order valence-electron chi connectivity index (χ0n) is 17.1. The Bertz CT molecular complexity index is 1380. The minimum absolute atomic E-state index is 0.0267. The molecule has 0 spiro atoms. The van der Waals surface area contributed by atoms with Gasteiger partial charge in [0.05, 0.1) is 16.9 Å². The molecule has 0 aliphatic rings. The molecule has 2 N–H and O–H groups in total. The molecule has 0 aliphatic heterocycles. The molecular formula is C23H22N3O4S-. The molecule has 7 nitrogen and oxygen atoms in total. The van der Waals surface area contributed by atoms with Crippen molar-refractivity contribution >= 4 is 43.4 Å². The molecule has 0 radical (unpaired) electrons. The van der Waals surface area contributed by atoms with E-state index in [1.54, 1.807) is 24.4 Å². The number of aromatic amines is 1. The molecule has 160 valence electrons. The van der Waals surface area contributed by atoms with Crippen molar-refractivity contribution in [2.24, 2.45) is 0 Å². The first-order valence-corrected chi connectivity index (χ1v) is 11.2. The number of para-hydroxylation sites is 1. The van der Waals surface area contributed by atoms with Crippen molar-refractivity contribution in [3.63, 3.8) is 0 Å². The van der Waals surface area contributed by atoms with Crippen LogP contribution < -0.4 is 14.7 Å². The summed E-state index contributed by atoms with van der Waals surface area (Å²) in [5.41, 5.74) is 2.41. The minimum atomic E-state index is -4.13. The number of carbonyl (C=O) groups is 1. The number of benzene rings is 3. The number of nitrogens with one attached hydrogen (secondary N) is 2. The van der Waals surface area contributed by atoms with Crippen LogP contribution in [0.4, 0.5) is 5.69 Å². The smallest absolute Gasteiger partial charge is 0.241 e. The average molecular weight is 437 g/mol. The number of sulfonamides is 1. The summed E-state index contributed by atoms with van der Waals surface area (Å²) in [6.07, 6.45) is 1.65. The molecule has 8 heteroatoms. The van der Waals surface area contributed by atoms with Crippen LogP contribution in [0.5, 0.6) is 0 Å². The lowest BCUT2D eigenvalue weighted by Gasteiger charge is -2.21. The fourth-order valence-corrected chi connectivity index (χ4v) is 5.24. The van der Waals surface area contributed by atoms with Gasteiger partial charge >= 0.3 is 0 Å². The topological polar surface area (TPSA) is 105 Å². The molecule has 31 heavy (non-hydrogen) atoms. The lowest BCUT2D eigenvalue weighted by molar-refractivity contribution is -0.307. The van der Waals surface area contributed by atoms with Gasteiger partial charge in [-0.05, 0) is 30.2 Å². The summed E-state index contributed by atoms with van der Waals surface area (Å²) in [4.78, 5) is 16.8. The minimum Gasteiger partial charge on any atom is -0.548 e. The van der Waals surface area contributed by atoms with Crippen molar-refractivity contribution in [1.29, 1.82) is 0 Å². The van der Waals surface area contributed by atoms with E-state index in [0.717, 1.165) is 22.0 Å². The lowest BCUT2D eigenvalue weighted by Crippen LogP contribution is -2.49. The molecule has 0 amide bonds. The molecule has 1 unspecified atom stereocenters. The van der Waals surface area contributed by atoms with Gasteiger partial charge in [-0.25, -0.2) is 13.1 Å². The predicted molar refractivity (Wildman–Crippen MR) is 119 cm³/mol. The predicted octanol–water partition coefficient (Wildman–Crippen LogP) is 2.03. The largest absolute Gasteiger partial charge is 0.548 e. The second-order valence-corrected chi connectivity index (χ2v) is 9.26. The Kier molecular flexibility index (Phi) is 5.43. The Morgan fingerprint density at radius 3 is 2.42 bits per heavy atom. The molecule has 1 heterocycles. The van der Waals surface area contributed by atoms with Gasteiger partial charge in [0.15, 0.2) is 0 Å².